The van der Waals surface area contributed by atoms with Gasteiger partial charge in [0.05, 0.1) is 5.75 Å². The first kappa shape index (κ1) is 13.7. The summed E-state index contributed by atoms with van der Waals surface area (Å²) < 4.78 is 26.9. The van der Waals surface area contributed by atoms with Gasteiger partial charge in [-0.3, -0.25) is 4.72 Å². The zero-order valence-corrected chi connectivity index (χ0v) is 12.0. The number of hydrogen-bond donors (Lipinski definition) is 2. The van der Waals surface area contributed by atoms with Crippen molar-refractivity contribution in [2.24, 2.45) is 0 Å². The fourth-order valence-electron chi connectivity index (χ4n) is 1.22. The lowest BCUT2D eigenvalue weighted by Gasteiger charge is -2.07. The Morgan fingerprint density at radius 3 is 2.75 bits per heavy atom. The van der Waals surface area contributed by atoms with Gasteiger partial charge in [-0.15, -0.1) is 0 Å². The lowest BCUT2D eigenvalue weighted by atomic mass is 10.3. The van der Waals surface area contributed by atoms with E-state index in [-0.39, 0.29) is 5.75 Å². The zero-order chi connectivity index (χ0) is 12.0. The molecule has 0 saturated carbocycles. The average molecular weight is 354 g/mol. The van der Waals surface area contributed by atoms with E-state index >= 15 is 0 Å². The molecule has 0 amide bonds. The minimum Gasteiger partial charge on any atom is -0.320 e. The van der Waals surface area contributed by atoms with Gasteiger partial charge in [-0.05, 0) is 60.8 Å². The van der Waals surface area contributed by atoms with Crippen molar-refractivity contribution >= 4 is 38.3 Å². The van der Waals surface area contributed by atoms with Crippen LogP contribution in [0.4, 0.5) is 5.69 Å². The highest BCUT2D eigenvalue weighted by Crippen LogP contribution is 2.14. The number of benzene rings is 1. The molecule has 0 atom stereocenters. The molecule has 16 heavy (non-hydrogen) atoms. The van der Waals surface area contributed by atoms with Crippen LogP contribution >= 0.6 is 22.6 Å². The van der Waals surface area contributed by atoms with Gasteiger partial charge in [-0.25, -0.2) is 8.42 Å². The van der Waals surface area contributed by atoms with Gasteiger partial charge in [0.1, 0.15) is 0 Å². The van der Waals surface area contributed by atoms with Gasteiger partial charge in [0.25, 0.3) is 0 Å². The third kappa shape index (κ3) is 5.13. The molecule has 0 bridgehead atoms. The van der Waals surface area contributed by atoms with Crippen molar-refractivity contribution in [1.29, 1.82) is 0 Å². The SMILES string of the molecule is CNCCCS(=O)(=O)Nc1cccc(I)c1. The average Bonchev–Trinajstić information content (AvgIpc) is 2.17. The molecule has 0 spiro atoms. The summed E-state index contributed by atoms with van der Waals surface area (Å²) in [6, 6.07) is 7.29. The Labute approximate surface area is 110 Å². The van der Waals surface area contributed by atoms with E-state index in [0.29, 0.717) is 18.7 Å². The molecular weight excluding hydrogens is 339 g/mol. The molecule has 0 unspecified atom stereocenters. The molecule has 90 valence electrons. The van der Waals surface area contributed by atoms with E-state index in [1.165, 1.54) is 0 Å². The Bertz CT molecular complexity index is 434. The first-order chi connectivity index (χ1) is 7.53. The Hall–Kier alpha value is -0.340. The first-order valence-electron chi connectivity index (χ1n) is 4.94. The predicted molar refractivity (Wildman–Crippen MR) is 75.1 cm³/mol. The van der Waals surface area contributed by atoms with Crippen LogP contribution < -0.4 is 10.0 Å². The lowest BCUT2D eigenvalue weighted by Crippen LogP contribution is -2.20. The van der Waals surface area contributed by atoms with Gasteiger partial charge in [0, 0.05) is 9.26 Å². The summed E-state index contributed by atoms with van der Waals surface area (Å²) >= 11 is 2.15. The van der Waals surface area contributed by atoms with Gasteiger partial charge in [-0.1, -0.05) is 6.07 Å². The van der Waals surface area contributed by atoms with Crippen LogP contribution in [0.2, 0.25) is 0 Å². The molecule has 6 heteroatoms. The van der Waals surface area contributed by atoms with Crippen molar-refractivity contribution in [1.82, 2.24) is 5.32 Å². The van der Waals surface area contributed by atoms with E-state index in [1.54, 1.807) is 19.2 Å². The van der Waals surface area contributed by atoms with Gasteiger partial charge < -0.3 is 5.32 Å². The minimum atomic E-state index is -3.22. The summed E-state index contributed by atoms with van der Waals surface area (Å²) in [6.45, 7) is 0.702. The third-order valence-corrected chi connectivity index (χ3v) is 3.98. The van der Waals surface area contributed by atoms with Crippen LogP contribution in [0.15, 0.2) is 24.3 Å². The number of sulfonamides is 1. The van der Waals surface area contributed by atoms with Gasteiger partial charge in [-0.2, -0.15) is 0 Å². The third-order valence-electron chi connectivity index (χ3n) is 1.94. The molecule has 0 fully saturated rings. The molecule has 0 aliphatic heterocycles. The number of anilines is 1. The monoisotopic (exact) mass is 354 g/mol. The normalized spacial score (nSPS) is 11.4. The molecule has 1 aromatic rings. The zero-order valence-electron chi connectivity index (χ0n) is 9.03. The molecule has 2 N–H and O–H groups in total. The number of halogens is 1. The molecule has 0 saturated heterocycles. The van der Waals surface area contributed by atoms with E-state index in [4.69, 9.17) is 0 Å². The predicted octanol–water partition coefficient (Wildman–Crippen LogP) is 1.64. The van der Waals surface area contributed by atoms with Crippen LogP contribution in [0.25, 0.3) is 0 Å². The number of nitrogens with one attached hydrogen (secondary N) is 2. The topological polar surface area (TPSA) is 58.2 Å². The van der Waals surface area contributed by atoms with Gasteiger partial charge in [0.2, 0.25) is 10.0 Å². The summed E-state index contributed by atoms with van der Waals surface area (Å²) in [4.78, 5) is 0. The second-order valence-corrected chi connectivity index (χ2v) is 6.48. The summed E-state index contributed by atoms with van der Waals surface area (Å²) in [5.41, 5.74) is 0.622. The fraction of sp³-hybridized carbons (Fsp3) is 0.400. The Morgan fingerprint density at radius 1 is 1.38 bits per heavy atom. The fourth-order valence-corrected chi connectivity index (χ4v) is 2.88. The maximum Gasteiger partial charge on any atom is 0.232 e. The maximum absolute atomic E-state index is 11.6. The van der Waals surface area contributed by atoms with Crippen molar-refractivity contribution in [3.05, 3.63) is 27.8 Å². The van der Waals surface area contributed by atoms with Gasteiger partial charge >= 0.3 is 0 Å². The highest BCUT2D eigenvalue weighted by atomic mass is 127. The molecule has 0 heterocycles. The van der Waals surface area contributed by atoms with E-state index in [2.05, 4.69) is 32.6 Å². The Kier molecular flexibility index (Phi) is 5.50. The van der Waals surface area contributed by atoms with Crippen LogP contribution in [0, 0.1) is 3.57 Å². The number of rotatable bonds is 6. The van der Waals surface area contributed by atoms with E-state index in [9.17, 15) is 8.42 Å². The quantitative estimate of drug-likeness (QED) is 0.603. The molecular formula is C10H15IN2O2S. The van der Waals surface area contributed by atoms with Crippen LogP contribution in [0.5, 0.6) is 0 Å². The molecule has 0 aliphatic carbocycles. The maximum atomic E-state index is 11.6. The van der Waals surface area contributed by atoms with E-state index in [1.807, 2.05) is 12.1 Å². The Morgan fingerprint density at radius 2 is 2.12 bits per heavy atom. The van der Waals surface area contributed by atoms with Crippen LogP contribution in [-0.4, -0.2) is 27.8 Å². The molecule has 4 nitrogen and oxygen atoms in total. The largest absolute Gasteiger partial charge is 0.320 e. The lowest BCUT2D eigenvalue weighted by molar-refractivity contribution is 0.597. The highest BCUT2D eigenvalue weighted by molar-refractivity contribution is 14.1. The van der Waals surface area contributed by atoms with Crippen molar-refractivity contribution in [2.45, 2.75) is 6.42 Å². The van der Waals surface area contributed by atoms with Crippen molar-refractivity contribution in [3.63, 3.8) is 0 Å². The van der Waals surface area contributed by atoms with Crippen molar-refractivity contribution in [2.75, 3.05) is 24.1 Å². The molecule has 0 radical (unpaired) electrons. The summed E-state index contributed by atoms with van der Waals surface area (Å²) in [6.07, 6.45) is 0.607. The highest BCUT2D eigenvalue weighted by Gasteiger charge is 2.09. The van der Waals surface area contributed by atoms with Crippen LogP contribution in [0.1, 0.15) is 6.42 Å². The second kappa shape index (κ2) is 6.41. The second-order valence-electron chi connectivity index (χ2n) is 3.39. The minimum absolute atomic E-state index is 0.138. The molecule has 0 aliphatic rings. The summed E-state index contributed by atoms with van der Waals surface area (Å²) in [5.74, 6) is 0.138. The van der Waals surface area contributed by atoms with Gasteiger partial charge in [0.15, 0.2) is 0 Å². The molecule has 1 rings (SSSR count). The van der Waals surface area contributed by atoms with E-state index < -0.39 is 10.0 Å². The Balaban J connectivity index is 2.59. The van der Waals surface area contributed by atoms with Crippen molar-refractivity contribution < 1.29 is 8.42 Å². The first-order valence-corrected chi connectivity index (χ1v) is 7.67. The summed E-state index contributed by atoms with van der Waals surface area (Å²) in [5, 5.41) is 2.92. The molecule has 0 aromatic heterocycles. The van der Waals surface area contributed by atoms with Crippen LogP contribution in [0.3, 0.4) is 0 Å². The van der Waals surface area contributed by atoms with Crippen LogP contribution in [-0.2, 0) is 10.0 Å². The standard InChI is InChI=1S/C10H15IN2O2S/c1-12-6-3-7-16(14,15)13-10-5-2-4-9(11)8-10/h2,4-5,8,12-13H,3,6-7H2,1H3. The number of hydrogen-bond acceptors (Lipinski definition) is 3. The summed E-state index contributed by atoms with van der Waals surface area (Å²) in [7, 11) is -1.41. The van der Waals surface area contributed by atoms with Crippen molar-refractivity contribution in [3.8, 4) is 0 Å². The molecule has 1 aromatic carbocycles. The smallest absolute Gasteiger partial charge is 0.232 e. The van der Waals surface area contributed by atoms with E-state index in [0.717, 1.165) is 3.57 Å².